The standard InChI is InChI=1S/C26H19N3O4/c1-2-33-26(32)16-11-13-17(14-12-16)29-23(27-22-10-6-4-8-19(22)25(29)31)15-20-18-7-3-5-9-21(18)28-24(20)30/h3-15H,2H2,1H3,(H,28,30)/b20-15+. The summed E-state index contributed by atoms with van der Waals surface area (Å²) in [6, 6.07) is 20.9. The number of rotatable bonds is 4. The first-order valence-corrected chi connectivity index (χ1v) is 10.5. The molecule has 0 saturated heterocycles. The minimum Gasteiger partial charge on any atom is -0.462 e. The minimum absolute atomic E-state index is 0.261. The van der Waals surface area contributed by atoms with E-state index in [1.165, 1.54) is 4.57 Å². The summed E-state index contributed by atoms with van der Waals surface area (Å²) in [5.41, 5.74) is 3.03. The van der Waals surface area contributed by atoms with Crippen LogP contribution >= 0.6 is 0 Å². The largest absolute Gasteiger partial charge is 0.462 e. The van der Waals surface area contributed by atoms with Gasteiger partial charge in [0.25, 0.3) is 11.5 Å². The summed E-state index contributed by atoms with van der Waals surface area (Å²) in [6.45, 7) is 2.01. The number of hydrogen-bond donors (Lipinski definition) is 1. The quantitative estimate of drug-likeness (QED) is 0.384. The summed E-state index contributed by atoms with van der Waals surface area (Å²) in [5.74, 6) is -0.387. The molecule has 5 rings (SSSR count). The Kier molecular flexibility index (Phi) is 5.06. The van der Waals surface area contributed by atoms with Gasteiger partial charge in [-0.3, -0.25) is 14.2 Å². The maximum Gasteiger partial charge on any atom is 0.338 e. The third-order valence-corrected chi connectivity index (χ3v) is 5.42. The highest BCUT2D eigenvalue weighted by Gasteiger charge is 2.24. The minimum atomic E-state index is -0.436. The molecule has 0 bridgehead atoms. The molecule has 1 aliphatic rings. The van der Waals surface area contributed by atoms with Crippen molar-refractivity contribution in [3.8, 4) is 5.69 Å². The fourth-order valence-electron chi connectivity index (χ4n) is 3.87. The van der Waals surface area contributed by atoms with Gasteiger partial charge >= 0.3 is 5.97 Å². The third-order valence-electron chi connectivity index (χ3n) is 5.42. The molecule has 0 fully saturated rings. The van der Waals surface area contributed by atoms with Gasteiger partial charge < -0.3 is 10.1 Å². The summed E-state index contributed by atoms with van der Waals surface area (Å²) >= 11 is 0. The van der Waals surface area contributed by atoms with E-state index in [2.05, 4.69) is 10.3 Å². The van der Waals surface area contributed by atoms with Gasteiger partial charge in [-0.2, -0.15) is 0 Å². The Hall–Kier alpha value is -4.52. The fraction of sp³-hybridized carbons (Fsp3) is 0.0769. The lowest BCUT2D eigenvalue weighted by atomic mass is 10.1. The number of fused-ring (bicyclic) bond motifs is 2. The molecule has 162 valence electrons. The molecule has 7 nitrogen and oxygen atoms in total. The summed E-state index contributed by atoms with van der Waals surface area (Å²) < 4.78 is 6.48. The van der Waals surface area contributed by atoms with E-state index in [0.29, 0.717) is 39.2 Å². The SMILES string of the molecule is CCOC(=O)c1ccc(-n2c(/C=C3/C(=O)Nc4ccccc43)nc3ccccc3c2=O)cc1. The lowest BCUT2D eigenvalue weighted by Crippen LogP contribution is -2.22. The van der Waals surface area contributed by atoms with Gasteiger partial charge in [-0.15, -0.1) is 0 Å². The van der Waals surface area contributed by atoms with Crippen LogP contribution in [0.2, 0.25) is 0 Å². The number of hydrogen-bond acceptors (Lipinski definition) is 5. The number of nitrogens with one attached hydrogen (secondary N) is 1. The molecule has 0 radical (unpaired) electrons. The maximum absolute atomic E-state index is 13.5. The Morgan fingerprint density at radius 3 is 2.52 bits per heavy atom. The molecule has 1 amide bonds. The normalized spacial score (nSPS) is 13.7. The Bertz CT molecular complexity index is 1500. The third kappa shape index (κ3) is 3.59. The number of benzene rings is 3. The molecule has 0 unspecified atom stereocenters. The fourth-order valence-corrected chi connectivity index (χ4v) is 3.87. The topological polar surface area (TPSA) is 90.3 Å². The van der Waals surface area contributed by atoms with Gasteiger partial charge in [-0.1, -0.05) is 30.3 Å². The highest BCUT2D eigenvalue weighted by atomic mass is 16.5. The molecular formula is C26H19N3O4. The number of anilines is 1. The first-order valence-electron chi connectivity index (χ1n) is 10.5. The smallest absolute Gasteiger partial charge is 0.338 e. The molecule has 0 atom stereocenters. The Morgan fingerprint density at radius 1 is 1.00 bits per heavy atom. The number of carbonyl (C=O) groups is 2. The zero-order chi connectivity index (χ0) is 22.9. The number of nitrogens with zero attached hydrogens (tertiary/aromatic N) is 2. The second kappa shape index (κ2) is 8.20. The lowest BCUT2D eigenvalue weighted by Gasteiger charge is -2.12. The second-order valence-corrected chi connectivity index (χ2v) is 7.45. The van der Waals surface area contributed by atoms with Crippen molar-refractivity contribution in [2.75, 3.05) is 11.9 Å². The maximum atomic E-state index is 13.5. The molecule has 1 N–H and O–H groups in total. The molecule has 0 saturated carbocycles. The van der Waals surface area contributed by atoms with Crippen LogP contribution in [0.3, 0.4) is 0 Å². The number of carbonyl (C=O) groups excluding carboxylic acids is 2. The van der Waals surface area contributed by atoms with Gasteiger partial charge in [0.2, 0.25) is 0 Å². The van der Waals surface area contributed by atoms with E-state index in [-0.39, 0.29) is 18.1 Å². The van der Waals surface area contributed by atoms with Crippen molar-refractivity contribution in [1.29, 1.82) is 0 Å². The van der Waals surface area contributed by atoms with Gasteiger partial charge in [0.1, 0.15) is 5.82 Å². The van der Waals surface area contributed by atoms with Crippen LogP contribution in [0.25, 0.3) is 28.2 Å². The highest BCUT2D eigenvalue weighted by Crippen LogP contribution is 2.32. The van der Waals surface area contributed by atoms with Crippen LogP contribution in [0.15, 0.2) is 77.6 Å². The first-order chi connectivity index (χ1) is 16.1. The van der Waals surface area contributed by atoms with Crippen molar-refractivity contribution >= 4 is 40.1 Å². The van der Waals surface area contributed by atoms with Crippen molar-refractivity contribution in [1.82, 2.24) is 9.55 Å². The summed E-state index contributed by atoms with van der Waals surface area (Å²) in [7, 11) is 0. The lowest BCUT2D eigenvalue weighted by molar-refractivity contribution is -0.110. The van der Waals surface area contributed by atoms with Crippen molar-refractivity contribution in [2.45, 2.75) is 6.92 Å². The van der Waals surface area contributed by atoms with Crippen molar-refractivity contribution in [3.63, 3.8) is 0 Å². The van der Waals surface area contributed by atoms with E-state index >= 15 is 0 Å². The average molecular weight is 437 g/mol. The second-order valence-electron chi connectivity index (χ2n) is 7.45. The summed E-state index contributed by atoms with van der Waals surface area (Å²) in [5, 5.41) is 3.29. The number of ether oxygens (including phenoxy) is 1. The number of amides is 1. The Morgan fingerprint density at radius 2 is 1.73 bits per heavy atom. The zero-order valence-corrected chi connectivity index (χ0v) is 17.7. The van der Waals surface area contributed by atoms with E-state index in [1.807, 2.05) is 30.3 Å². The first kappa shape index (κ1) is 20.4. The molecule has 0 aliphatic carbocycles. The predicted molar refractivity (Wildman–Crippen MR) is 126 cm³/mol. The van der Waals surface area contributed by atoms with Crippen LogP contribution in [0.4, 0.5) is 5.69 Å². The van der Waals surface area contributed by atoms with E-state index in [9.17, 15) is 14.4 Å². The number of aromatic nitrogens is 2. The van der Waals surface area contributed by atoms with E-state index in [4.69, 9.17) is 4.74 Å². The van der Waals surface area contributed by atoms with Gasteiger partial charge in [-0.25, -0.2) is 9.78 Å². The van der Waals surface area contributed by atoms with Crippen LogP contribution in [0.5, 0.6) is 0 Å². The average Bonchev–Trinajstić information content (AvgIpc) is 3.14. The van der Waals surface area contributed by atoms with Crippen LogP contribution in [-0.2, 0) is 9.53 Å². The molecule has 1 aliphatic heterocycles. The predicted octanol–water partition coefficient (Wildman–Crippen LogP) is 4.06. The monoisotopic (exact) mass is 437 g/mol. The Balaban J connectivity index is 1.72. The Labute approximate surface area is 189 Å². The van der Waals surface area contributed by atoms with Crippen LogP contribution in [0.1, 0.15) is 28.7 Å². The molecule has 1 aromatic heterocycles. The van der Waals surface area contributed by atoms with Crippen LogP contribution < -0.4 is 10.9 Å². The molecule has 7 heteroatoms. The van der Waals surface area contributed by atoms with E-state index in [1.54, 1.807) is 55.5 Å². The van der Waals surface area contributed by atoms with Gasteiger partial charge in [0.15, 0.2) is 0 Å². The number of para-hydroxylation sites is 2. The van der Waals surface area contributed by atoms with Gasteiger partial charge in [-0.05, 0) is 55.5 Å². The van der Waals surface area contributed by atoms with Gasteiger partial charge in [0, 0.05) is 11.3 Å². The summed E-state index contributed by atoms with van der Waals surface area (Å²) in [6.07, 6.45) is 1.62. The van der Waals surface area contributed by atoms with E-state index in [0.717, 1.165) is 5.56 Å². The van der Waals surface area contributed by atoms with Crippen molar-refractivity contribution < 1.29 is 14.3 Å². The summed E-state index contributed by atoms with van der Waals surface area (Å²) in [4.78, 5) is 42.9. The molecule has 33 heavy (non-hydrogen) atoms. The molecule has 2 heterocycles. The van der Waals surface area contributed by atoms with E-state index < -0.39 is 5.97 Å². The van der Waals surface area contributed by atoms with Crippen LogP contribution in [-0.4, -0.2) is 28.0 Å². The van der Waals surface area contributed by atoms with Crippen LogP contribution in [0, 0.1) is 0 Å². The molecule has 4 aromatic rings. The molecule has 0 spiro atoms. The zero-order valence-electron chi connectivity index (χ0n) is 17.7. The molecule has 3 aromatic carbocycles. The van der Waals surface area contributed by atoms with Crippen molar-refractivity contribution in [3.05, 3.63) is 100 Å². The number of esters is 1. The highest BCUT2D eigenvalue weighted by molar-refractivity contribution is 6.34. The van der Waals surface area contributed by atoms with Gasteiger partial charge in [0.05, 0.1) is 34.3 Å². The molecular weight excluding hydrogens is 418 g/mol. The van der Waals surface area contributed by atoms with Crippen molar-refractivity contribution in [2.24, 2.45) is 0 Å².